The Morgan fingerprint density at radius 1 is 0.964 bits per heavy atom. The molecule has 0 unspecified atom stereocenters. The Labute approximate surface area is 163 Å². The lowest BCUT2D eigenvalue weighted by atomic mass is 10.00. The zero-order chi connectivity index (χ0) is 19.5. The second-order valence-electron chi connectivity index (χ2n) is 6.81. The molecule has 0 aliphatic carbocycles. The van der Waals surface area contributed by atoms with E-state index in [1.807, 2.05) is 12.1 Å². The summed E-state index contributed by atoms with van der Waals surface area (Å²) < 4.78 is 0. The van der Waals surface area contributed by atoms with E-state index >= 15 is 0 Å². The number of Topliss-reactive ketones (excluding diaryl/α,β-unsaturated/α-hetero) is 1. The Morgan fingerprint density at radius 2 is 1.79 bits per heavy atom. The smallest absolute Gasteiger partial charge is 0.276 e. The summed E-state index contributed by atoms with van der Waals surface area (Å²) >= 11 is 0. The zero-order valence-corrected chi connectivity index (χ0v) is 15.6. The van der Waals surface area contributed by atoms with Crippen LogP contribution in [0.5, 0.6) is 0 Å². The van der Waals surface area contributed by atoms with Gasteiger partial charge in [0.2, 0.25) is 0 Å². The lowest BCUT2D eigenvalue weighted by Crippen LogP contribution is -2.31. The van der Waals surface area contributed by atoms with Crippen LogP contribution < -0.4 is 10.2 Å². The molecule has 0 radical (unpaired) electrons. The molecular weight excluding hydrogens is 352 g/mol. The Bertz CT molecular complexity index is 1030. The summed E-state index contributed by atoms with van der Waals surface area (Å²) in [6.07, 6.45) is 0.965. The van der Waals surface area contributed by atoms with E-state index in [9.17, 15) is 9.59 Å². The summed E-state index contributed by atoms with van der Waals surface area (Å²) in [6, 6.07) is 18.7. The van der Waals surface area contributed by atoms with E-state index in [4.69, 9.17) is 0 Å². The maximum absolute atomic E-state index is 12.4. The first-order valence-corrected chi connectivity index (χ1v) is 9.18. The van der Waals surface area contributed by atoms with Gasteiger partial charge in [-0.3, -0.25) is 9.59 Å². The maximum atomic E-state index is 12.4. The molecule has 0 fully saturated rings. The number of fused-ring (bicyclic) bond motifs is 1. The highest BCUT2D eigenvalue weighted by molar-refractivity contribution is 6.03. The molecule has 0 atom stereocenters. The molecule has 140 valence electrons. The van der Waals surface area contributed by atoms with Gasteiger partial charge in [-0.2, -0.15) is 0 Å². The number of rotatable bonds is 4. The van der Waals surface area contributed by atoms with Crippen molar-refractivity contribution in [1.29, 1.82) is 0 Å². The van der Waals surface area contributed by atoms with Gasteiger partial charge < -0.3 is 10.2 Å². The number of nitrogens with one attached hydrogen (secondary N) is 1. The fraction of sp³-hybridized carbons (Fsp3) is 0.182. The molecule has 1 amide bonds. The van der Waals surface area contributed by atoms with E-state index < -0.39 is 0 Å². The van der Waals surface area contributed by atoms with Crippen LogP contribution in [-0.2, 0) is 13.0 Å². The number of hydrogen-bond acceptors (Lipinski definition) is 5. The normalized spacial score (nSPS) is 13.0. The zero-order valence-electron chi connectivity index (χ0n) is 15.6. The monoisotopic (exact) mass is 372 g/mol. The standard InChI is InChI=1S/C22H20N4O2/c1-15(27)17-7-4-8-19(13-17)23-22(28)20-9-10-21(25-24-20)26-12-11-16-5-2-3-6-18(16)14-26/h2-10,13H,11-12,14H2,1H3,(H,23,28). The molecule has 6 nitrogen and oxygen atoms in total. The number of carbonyl (C=O) groups excluding carboxylic acids is 2. The van der Waals surface area contributed by atoms with Crippen molar-refractivity contribution in [3.05, 3.63) is 83.0 Å². The van der Waals surface area contributed by atoms with Crippen LogP contribution in [0.1, 0.15) is 38.9 Å². The summed E-state index contributed by atoms with van der Waals surface area (Å²) in [5.74, 6) is 0.344. The second kappa shape index (κ2) is 7.60. The minimum absolute atomic E-state index is 0.0525. The highest BCUT2D eigenvalue weighted by atomic mass is 16.2. The third-order valence-corrected chi connectivity index (χ3v) is 4.86. The summed E-state index contributed by atoms with van der Waals surface area (Å²) in [5, 5.41) is 11.1. The van der Waals surface area contributed by atoms with Gasteiger partial charge in [0.1, 0.15) is 0 Å². The average molecular weight is 372 g/mol. The molecule has 2 heterocycles. The molecule has 6 heteroatoms. The van der Waals surface area contributed by atoms with Crippen molar-refractivity contribution in [2.45, 2.75) is 19.9 Å². The average Bonchev–Trinajstić information content (AvgIpc) is 2.73. The number of amides is 1. The van der Waals surface area contributed by atoms with E-state index in [-0.39, 0.29) is 17.4 Å². The van der Waals surface area contributed by atoms with Crippen molar-refractivity contribution < 1.29 is 9.59 Å². The van der Waals surface area contributed by atoms with E-state index in [1.165, 1.54) is 18.1 Å². The first kappa shape index (κ1) is 17.9. The van der Waals surface area contributed by atoms with E-state index in [2.05, 4.69) is 38.6 Å². The van der Waals surface area contributed by atoms with Gasteiger partial charge in [0.25, 0.3) is 5.91 Å². The summed E-state index contributed by atoms with van der Waals surface area (Å²) in [5.41, 5.74) is 3.99. The first-order chi connectivity index (χ1) is 13.6. The Balaban J connectivity index is 1.45. The number of ketones is 1. The Hall–Kier alpha value is -3.54. The van der Waals surface area contributed by atoms with Crippen LogP contribution in [0.2, 0.25) is 0 Å². The van der Waals surface area contributed by atoms with E-state index in [0.717, 1.165) is 25.3 Å². The van der Waals surface area contributed by atoms with Gasteiger partial charge in [0, 0.05) is 24.3 Å². The topological polar surface area (TPSA) is 75.2 Å². The molecule has 28 heavy (non-hydrogen) atoms. The van der Waals surface area contributed by atoms with Crippen LogP contribution in [-0.4, -0.2) is 28.4 Å². The number of benzene rings is 2. The molecule has 0 bridgehead atoms. The number of anilines is 2. The van der Waals surface area contributed by atoms with Crippen molar-refractivity contribution in [3.63, 3.8) is 0 Å². The summed E-state index contributed by atoms with van der Waals surface area (Å²) in [7, 11) is 0. The number of hydrogen-bond donors (Lipinski definition) is 1. The third-order valence-electron chi connectivity index (χ3n) is 4.86. The minimum atomic E-state index is -0.358. The minimum Gasteiger partial charge on any atom is -0.350 e. The van der Waals surface area contributed by atoms with Gasteiger partial charge in [-0.05, 0) is 48.7 Å². The van der Waals surface area contributed by atoms with Gasteiger partial charge >= 0.3 is 0 Å². The molecule has 1 N–H and O–H groups in total. The highest BCUT2D eigenvalue weighted by Gasteiger charge is 2.18. The predicted molar refractivity (Wildman–Crippen MR) is 108 cm³/mol. The lowest BCUT2D eigenvalue weighted by molar-refractivity contribution is 0.100. The SMILES string of the molecule is CC(=O)c1cccc(NC(=O)c2ccc(N3CCc4ccccc4C3)nn2)c1. The van der Waals surface area contributed by atoms with Gasteiger partial charge in [0.15, 0.2) is 17.3 Å². The highest BCUT2D eigenvalue weighted by Crippen LogP contribution is 2.22. The molecule has 0 saturated heterocycles. The van der Waals surface area contributed by atoms with Crippen LogP contribution in [0.4, 0.5) is 11.5 Å². The van der Waals surface area contributed by atoms with Gasteiger partial charge in [-0.25, -0.2) is 0 Å². The van der Waals surface area contributed by atoms with Crippen LogP contribution >= 0.6 is 0 Å². The number of carbonyl (C=O) groups is 2. The van der Waals surface area contributed by atoms with Crippen molar-refractivity contribution in [1.82, 2.24) is 10.2 Å². The van der Waals surface area contributed by atoms with Gasteiger partial charge in [-0.15, -0.1) is 10.2 Å². The Morgan fingerprint density at radius 3 is 2.54 bits per heavy atom. The van der Waals surface area contributed by atoms with Crippen LogP contribution in [0.3, 0.4) is 0 Å². The molecule has 1 aliphatic rings. The van der Waals surface area contributed by atoms with Crippen LogP contribution in [0, 0.1) is 0 Å². The van der Waals surface area contributed by atoms with Crippen LogP contribution in [0.15, 0.2) is 60.7 Å². The first-order valence-electron chi connectivity index (χ1n) is 9.18. The number of aromatic nitrogens is 2. The van der Waals surface area contributed by atoms with Gasteiger partial charge in [-0.1, -0.05) is 36.4 Å². The van der Waals surface area contributed by atoms with Crippen molar-refractivity contribution in [3.8, 4) is 0 Å². The second-order valence-corrected chi connectivity index (χ2v) is 6.81. The fourth-order valence-corrected chi connectivity index (χ4v) is 3.32. The van der Waals surface area contributed by atoms with Crippen molar-refractivity contribution in [2.24, 2.45) is 0 Å². The lowest BCUT2D eigenvalue weighted by Gasteiger charge is -2.29. The summed E-state index contributed by atoms with van der Waals surface area (Å²) in [6.45, 7) is 3.15. The fourth-order valence-electron chi connectivity index (χ4n) is 3.32. The quantitative estimate of drug-likeness (QED) is 0.710. The maximum Gasteiger partial charge on any atom is 0.276 e. The summed E-state index contributed by atoms with van der Waals surface area (Å²) in [4.78, 5) is 26.1. The number of nitrogens with zero attached hydrogens (tertiary/aromatic N) is 3. The van der Waals surface area contributed by atoms with Crippen molar-refractivity contribution in [2.75, 3.05) is 16.8 Å². The molecular formula is C22H20N4O2. The van der Waals surface area contributed by atoms with Crippen molar-refractivity contribution >= 4 is 23.2 Å². The molecule has 0 saturated carbocycles. The third kappa shape index (κ3) is 3.76. The molecule has 2 aromatic carbocycles. The Kier molecular flexibility index (Phi) is 4.85. The molecule has 3 aromatic rings. The van der Waals surface area contributed by atoms with E-state index in [0.29, 0.717) is 11.3 Å². The molecule has 1 aliphatic heterocycles. The predicted octanol–water partition coefficient (Wildman–Crippen LogP) is 3.49. The largest absolute Gasteiger partial charge is 0.350 e. The van der Waals surface area contributed by atoms with Gasteiger partial charge in [0.05, 0.1) is 0 Å². The van der Waals surface area contributed by atoms with Crippen LogP contribution in [0.25, 0.3) is 0 Å². The van der Waals surface area contributed by atoms with E-state index in [1.54, 1.807) is 30.3 Å². The molecule has 4 rings (SSSR count). The molecule has 0 spiro atoms. The molecule has 1 aromatic heterocycles.